The highest BCUT2D eigenvalue weighted by molar-refractivity contribution is 5.99. The second-order valence-corrected chi connectivity index (χ2v) is 5.01. The van der Waals surface area contributed by atoms with Crippen molar-refractivity contribution in [3.63, 3.8) is 0 Å². The Morgan fingerprint density at radius 2 is 1.83 bits per heavy atom. The van der Waals surface area contributed by atoms with Crippen LogP contribution in [0.25, 0.3) is 0 Å². The quantitative estimate of drug-likeness (QED) is 0.862. The van der Waals surface area contributed by atoms with Crippen molar-refractivity contribution in [2.45, 2.75) is 13.8 Å². The van der Waals surface area contributed by atoms with Gasteiger partial charge in [-0.2, -0.15) is 0 Å². The van der Waals surface area contributed by atoms with Crippen LogP contribution in [0.1, 0.15) is 22.8 Å². The topological polar surface area (TPSA) is 67.4 Å². The monoisotopic (exact) mass is 312 g/mol. The van der Waals surface area contributed by atoms with E-state index in [-0.39, 0.29) is 18.4 Å². The number of hydrogen-bond donors (Lipinski definition) is 2. The van der Waals surface area contributed by atoms with Crippen LogP contribution < -0.4 is 15.4 Å². The molecule has 0 spiro atoms. The van der Waals surface area contributed by atoms with E-state index in [1.807, 2.05) is 32.0 Å². The Morgan fingerprint density at radius 1 is 1.09 bits per heavy atom. The third kappa shape index (κ3) is 4.85. The van der Waals surface area contributed by atoms with Gasteiger partial charge in [-0.1, -0.05) is 18.2 Å². The molecule has 0 aliphatic heterocycles. The van der Waals surface area contributed by atoms with E-state index >= 15 is 0 Å². The molecule has 0 radical (unpaired) electrons. The van der Waals surface area contributed by atoms with Crippen molar-refractivity contribution in [1.82, 2.24) is 5.32 Å². The van der Waals surface area contributed by atoms with E-state index in [0.717, 1.165) is 11.3 Å². The summed E-state index contributed by atoms with van der Waals surface area (Å²) in [4.78, 5) is 23.8. The number of aryl methyl sites for hydroxylation is 1. The molecular weight excluding hydrogens is 292 g/mol. The van der Waals surface area contributed by atoms with E-state index in [1.165, 1.54) is 0 Å². The molecule has 5 nitrogen and oxygen atoms in total. The molecule has 120 valence electrons. The molecular formula is C18H20N2O3. The summed E-state index contributed by atoms with van der Waals surface area (Å²) in [6, 6.07) is 14.2. The lowest BCUT2D eigenvalue weighted by molar-refractivity contribution is -0.115. The van der Waals surface area contributed by atoms with Gasteiger partial charge < -0.3 is 15.4 Å². The minimum atomic E-state index is -0.280. The molecule has 2 amide bonds. The van der Waals surface area contributed by atoms with Crippen molar-refractivity contribution in [1.29, 1.82) is 0 Å². The van der Waals surface area contributed by atoms with Gasteiger partial charge in [-0.05, 0) is 49.7 Å². The molecule has 0 bridgehead atoms. The summed E-state index contributed by atoms with van der Waals surface area (Å²) in [6.07, 6.45) is 0. The molecule has 0 aliphatic carbocycles. The smallest absolute Gasteiger partial charge is 0.251 e. The van der Waals surface area contributed by atoms with Crippen LogP contribution >= 0.6 is 0 Å². The lowest BCUT2D eigenvalue weighted by Crippen LogP contribution is -2.32. The molecule has 0 heterocycles. The van der Waals surface area contributed by atoms with E-state index < -0.39 is 0 Å². The van der Waals surface area contributed by atoms with Gasteiger partial charge in [-0.15, -0.1) is 0 Å². The molecule has 5 heteroatoms. The summed E-state index contributed by atoms with van der Waals surface area (Å²) in [5.41, 5.74) is 2.14. The third-order valence-corrected chi connectivity index (χ3v) is 3.20. The van der Waals surface area contributed by atoms with Crippen LogP contribution in [0.4, 0.5) is 5.69 Å². The van der Waals surface area contributed by atoms with Gasteiger partial charge in [0, 0.05) is 11.3 Å². The Balaban J connectivity index is 1.87. The Labute approximate surface area is 135 Å². The van der Waals surface area contributed by atoms with Gasteiger partial charge in [0.25, 0.3) is 5.91 Å². The first kappa shape index (κ1) is 16.5. The van der Waals surface area contributed by atoms with Gasteiger partial charge in [0.05, 0.1) is 13.2 Å². The van der Waals surface area contributed by atoms with Gasteiger partial charge in [-0.25, -0.2) is 0 Å². The van der Waals surface area contributed by atoms with Gasteiger partial charge in [0.1, 0.15) is 5.75 Å². The van der Waals surface area contributed by atoms with Crippen LogP contribution in [-0.4, -0.2) is 25.0 Å². The highest BCUT2D eigenvalue weighted by atomic mass is 16.5. The molecule has 0 atom stereocenters. The number of hydrogen-bond acceptors (Lipinski definition) is 3. The molecule has 0 saturated heterocycles. The van der Waals surface area contributed by atoms with E-state index in [2.05, 4.69) is 10.6 Å². The predicted octanol–water partition coefficient (Wildman–Crippen LogP) is 2.76. The number of amides is 2. The average Bonchev–Trinajstić information content (AvgIpc) is 2.56. The normalized spacial score (nSPS) is 10.0. The molecule has 2 aromatic rings. The average molecular weight is 312 g/mol. The second kappa shape index (κ2) is 7.98. The SMILES string of the molecule is CCOc1ccc(NC(=O)CNC(=O)c2ccccc2)cc1C. The van der Waals surface area contributed by atoms with Crippen LogP contribution in [-0.2, 0) is 4.79 Å². The zero-order valence-corrected chi connectivity index (χ0v) is 13.3. The fourth-order valence-corrected chi connectivity index (χ4v) is 2.10. The summed E-state index contributed by atoms with van der Waals surface area (Å²) in [5.74, 6) is 0.240. The Kier molecular flexibility index (Phi) is 5.74. The second-order valence-electron chi connectivity index (χ2n) is 5.01. The summed E-state index contributed by atoms with van der Waals surface area (Å²) >= 11 is 0. The predicted molar refractivity (Wildman–Crippen MR) is 89.8 cm³/mol. The van der Waals surface area contributed by atoms with E-state index in [9.17, 15) is 9.59 Å². The fraction of sp³-hybridized carbons (Fsp3) is 0.222. The van der Waals surface area contributed by atoms with E-state index in [1.54, 1.807) is 30.3 Å². The zero-order valence-electron chi connectivity index (χ0n) is 13.3. The van der Waals surface area contributed by atoms with Crippen LogP contribution in [0.5, 0.6) is 5.75 Å². The number of carbonyl (C=O) groups is 2. The van der Waals surface area contributed by atoms with Gasteiger partial charge in [0.15, 0.2) is 0 Å². The van der Waals surface area contributed by atoms with E-state index in [0.29, 0.717) is 17.9 Å². The summed E-state index contributed by atoms with van der Waals surface area (Å²) in [7, 11) is 0. The summed E-state index contributed by atoms with van der Waals surface area (Å²) in [6.45, 7) is 4.35. The molecule has 0 saturated carbocycles. The maximum atomic E-state index is 11.9. The first-order chi connectivity index (χ1) is 11.1. The number of benzene rings is 2. The number of ether oxygens (including phenoxy) is 1. The van der Waals surface area contributed by atoms with Crippen molar-refractivity contribution in [2.75, 3.05) is 18.5 Å². The summed E-state index contributed by atoms with van der Waals surface area (Å²) < 4.78 is 5.45. The lowest BCUT2D eigenvalue weighted by Gasteiger charge is -2.10. The minimum absolute atomic E-state index is 0.0833. The third-order valence-electron chi connectivity index (χ3n) is 3.20. The lowest BCUT2D eigenvalue weighted by atomic mass is 10.2. The van der Waals surface area contributed by atoms with Crippen LogP contribution in [0.2, 0.25) is 0 Å². The maximum absolute atomic E-state index is 11.9. The molecule has 2 N–H and O–H groups in total. The standard InChI is InChI=1S/C18H20N2O3/c1-3-23-16-10-9-15(11-13(16)2)20-17(21)12-19-18(22)14-7-5-4-6-8-14/h4-11H,3,12H2,1-2H3,(H,19,22)(H,20,21). The number of carbonyl (C=O) groups excluding carboxylic acids is 2. The van der Waals surface area contributed by atoms with Crippen molar-refractivity contribution < 1.29 is 14.3 Å². The van der Waals surface area contributed by atoms with Crippen molar-refractivity contribution in [3.8, 4) is 5.75 Å². The highest BCUT2D eigenvalue weighted by Crippen LogP contribution is 2.21. The van der Waals surface area contributed by atoms with Crippen molar-refractivity contribution in [3.05, 3.63) is 59.7 Å². The molecule has 2 rings (SSSR count). The van der Waals surface area contributed by atoms with Crippen LogP contribution in [0.15, 0.2) is 48.5 Å². The van der Waals surface area contributed by atoms with Crippen molar-refractivity contribution in [2.24, 2.45) is 0 Å². The Bertz CT molecular complexity index is 684. The molecule has 23 heavy (non-hydrogen) atoms. The first-order valence-electron chi connectivity index (χ1n) is 7.46. The van der Waals surface area contributed by atoms with Crippen LogP contribution in [0, 0.1) is 6.92 Å². The summed E-state index contributed by atoms with van der Waals surface area (Å²) in [5, 5.41) is 5.34. The zero-order chi connectivity index (χ0) is 16.7. The van der Waals surface area contributed by atoms with Crippen molar-refractivity contribution >= 4 is 17.5 Å². The maximum Gasteiger partial charge on any atom is 0.251 e. The van der Waals surface area contributed by atoms with Gasteiger partial charge in [-0.3, -0.25) is 9.59 Å². The Hall–Kier alpha value is -2.82. The first-order valence-corrected chi connectivity index (χ1v) is 7.46. The van der Waals surface area contributed by atoms with Crippen LogP contribution in [0.3, 0.4) is 0 Å². The Morgan fingerprint density at radius 3 is 2.48 bits per heavy atom. The minimum Gasteiger partial charge on any atom is -0.494 e. The number of nitrogens with one attached hydrogen (secondary N) is 2. The largest absolute Gasteiger partial charge is 0.494 e. The molecule has 0 fully saturated rings. The molecule has 0 unspecified atom stereocenters. The fourth-order valence-electron chi connectivity index (χ4n) is 2.10. The number of rotatable bonds is 6. The molecule has 0 aromatic heterocycles. The number of anilines is 1. The molecule has 2 aromatic carbocycles. The van der Waals surface area contributed by atoms with Gasteiger partial charge in [0.2, 0.25) is 5.91 Å². The molecule has 0 aliphatic rings. The van der Waals surface area contributed by atoms with Gasteiger partial charge >= 0.3 is 0 Å². The van der Waals surface area contributed by atoms with E-state index in [4.69, 9.17) is 4.74 Å². The highest BCUT2D eigenvalue weighted by Gasteiger charge is 2.08.